The van der Waals surface area contributed by atoms with Crippen molar-refractivity contribution in [1.29, 1.82) is 0 Å². The largest absolute Gasteiger partial charge is 0.259 e. The van der Waals surface area contributed by atoms with Crippen LogP contribution in [0.15, 0.2) is 59.8 Å². The summed E-state index contributed by atoms with van der Waals surface area (Å²) in [5.74, 6) is 0.786. The summed E-state index contributed by atoms with van der Waals surface area (Å²) in [6.45, 7) is 2.07. The van der Waals surface area contributed by atoms with Crippen molar-refractivity contribution in [2.45, 2.75) is 13.0 Å². The minimum atomic E-state index is 0.154. The van der Waals surface area contributed by atoms with Gasteiger partial charge in [-0.15, -0.1) is 0 Å². The third-order valence-corrected chi connectivity index (χ3v) is 2.26. The van der Waals surface area contributed by atoms with E-state index in [0.717, 1.165) is 5.84 Å². The Bertz CT molecular complexity index is 402. The van der Waals surface area contributed by atoms with E-state index in [-0.39, 0.29) is 6.04 Å². The Labute approximate surface area is 90.0 Å². The van der Waals surface area contributed by atoms with Gasteiger partial charge in [-0.1, -0.05) is 36.4 Å². The maximum absolute atomic E-state index is 4.52. The summed E-state index contributed by atoms with van der Waals surface area (Å²) < 4.78 is 0. The van der Waals surface area contributed by atoms with Gasteiger partial charge in [0.2, 0.25) is 0 Å². The lowest BCUT2D eigenvalue weighted by Gasteiger charge is -2.08. The molecule has 1 heterocycles. The zero-order chi connectivity index (χ0) is 10.5. The lowest BCUT2D eigenvalue weighted by Crippen LogP contribution is -2.10. The summed E-state index contributed by atoms with van der Waals surface area (Å²) in [7, 11) is 0. The number of hydrogen-bond acceptors (Lipinski definition) is 1. The number of benzene rings is 1. The van der Waals surface area contributed by atoms with Gasteiger partial charge in [-0.3, -0.25) is 4.99 Å². The average molecular weight is 197 g/mol. The highest BCUT2D eigenvalue weighted by molar-refractivity contribution is 5.94. The van der Waals surface area contributed by atoms with Gasteiger partial charge in [0.25, 0.3) is 0 Å². The number of nitrogens with zero attached hydrogens (tertiary/aromatic N) is 2. The number of hydrogen-bond donors (Lipinski definition) is 0. The second-order valence-corrected chi connectivity index (χ2v) is 3.40. The predicted molar refractivity (Wildman–Crippen MR) is 62.7 cm³/mol. The fraction of sp³-hybridized carbons (Fsp3) is 0.154. The van der Waals surface area contributed by atoms with Crippen LogP contribution in [0.5, 0.6) is 0 Å². The van der Waals surface area contributed by atoms with Crippen LogP contribution in [-0.2, 0) is 0 Å². The SMILES string of the molecule is CC(N=C1C=CC=C[N]1)c1ccccc1. The smallest absolute Gasteiger partial charge is 0.147 e. The second-order valence-electron chi connectivity index (χ2n) is 3.40. The molecule has 1 aromatic rings. The molecule has 0 amide bonds. The Balaban J connectivity index is 2.13. The zero-order valence-corrected chi connectivity index (χ0v) is 8.67. The van der Waals surface area contributed by atoms with Crippen LogP contribution in [0.25, 0.3) is 0 Å². The van der Waals surface area contributed by atoms with Gasteiger partial charge in [0.15, 0.2) is 0 Å². The van der Waals surface area contributed by atoms with Gasteiger partial charge in [0, 0.05) is 6.20 Å². The van der Waals surface area contributed by atoms with Gasteiger partial charge in [-0.25, -0.2) is 5.32 Å². The van der Waals surface area contributed by atoms with Gasteiger partial charge >= 0.3 is 0 Å². The van der Waals surface area contributed by atoms with E-state index < -0.39 is 0 Å². The average Bonchev–Trinajstić information content (AvgIpc) is 2.31. The molecule has 1 aromatic carbocycles. The van der Waals surface area contributed by atoms with Gasteiger partial charge in [0.05, 0.1) is 6.04 Å². The highest BCUT2D eigenvalue weighted by Crippen LogP contribution is 2.16. The summed E-state index contributed by atoms with van der Waals surface area (Å²) >= 11 is 0. The van der Waals surface area contributed by atoms with Crippen LogP contribution in [0.3, 0.4) is 0 Å². The highest BCUT2D eigenvalue weighted by atomic mass is 15.0. The minimum absolute atomic E-state index is 0.154. The Hall–Kier alpha value is -1.83. The van der Waals surface area contributed by atoms with E-state index in [4.69, 9.17) is 0 Å². The molecule has 1 aliphatic rings. The predicted octanol–water partition coefficient (Wildman–Crippen LogP) is 2.83. The summed E-state index contributed by atoms with van der Waals surface area (Å²) in [6, 6.07) is 10.4. The van der Waals surface area contributed by atoms with E-state index in [9.17, 15) is 0 Å². The molecule has 1 radical (unpaired) electrons. The van der Waals surface area contributed by atoms with E-state index in [1.807, 2.05) is 36.4 Å². The first kappa shape index (κ1) is 9.71. The Morgan fingerprint density at radius 2 is 1.93 bits per heavy atom. The first-order valence-electron chi connectivity index (χ1n) is 5.03. The molecule has 2 heteroatoms. The van der Waals surface area contributed by atoms with Crippen LogP contribution in [0.2, 0.25) is 0 Å². The van der Waals surface area contributed by atoms with Crippen molar-refractivity contribution in [2.24, 2.45) is 4.99 Å². The van der Waals surface area contributed by atoms with Gasteiger partial charge in [0.1, 0.15) is 5.84 Å². The minimum Gasteiger partial charge on any atom is -0.259 e. The van der Waals surface area contributed by atoms with E-state index in [0.29, 0.717) is 0 Å². The molecule has 1 aliphatic heterocycles. The summed E-state index contributed by atoms with van der Waals surface area (Å²) in [5, 5.41) is 4.18. The Morgan fingerprint density at radius 3 is 2.60 bits per heavy atom. The molecule has 2 nitrogen and oxygen atoms in total. The van der Waals surface area contributed by atoms with E-state index in [1.165, 1.54) is 5.56 Å². The van der Waals surface area contributed by atoms with Crippen molar-refractivity contribution in [3.8, 4) is 0 Å². The maximum atomic E-state index is 4.52. The van der Waals surface area contributed by atoms with Crippen LogP contribution >= 0.6 is 0 Å². The van der Waals surface area contributed by atoms with Gasteiger partial charge in [-0.2, -0.15) is 0 Å². The molecule has 75 valence electrons. The lowest BCUT2D eigenvalue weighted by atomic mass is 10.1. The highest BCUT2D eigenvalue weighted by Gasteiger charge is 2.04. The first-order valence-corrected chi connectivity index (χ1v) is 5.03. The van der Waals surface area contributed by atoms with Crippen LogP contribution in [0.1, 0.15) is 18.5 Å². The van der Waals surface area contributed by atoms with E-state index in [2.05, 4.69) is 29.4 Å². The molecule has 0 N–H and O–H groups in total. The van der Waals surface area contributed by atoms with Crippen molar-refractivity contribution >= 4 is 5.84 Å². The first-order chi connectivity index (χ1) is 7.36. The molecule has 0 bridgehead atoms. The van der Waals surface area contributed by atoms with Crippen molar-refractivity contribution in [1.82, 2.24) is 5.32 Å². The topological polar surface area (TPSA) is 26.5 Å². The van der Waals surface area contributed by atoms with Crippen LogP contribution in [0.4, 0.5) is 0 Å². The van der Waals surface area contributed by atoms with E-state index in [1.54, 1.807) is 6.20 Å². The van der Waals surface area contributed by atoms with Crippen molar-refractivity contribution in [2.75, 3.05) is 0 Å². The molecule has 1 unspecified atom stereocenters. The van der Waals surface area contributed by atoms with Crippen molar-refractivity contribution in [3.63, 3.8) is 0 Å². The second kappa shape index (κ2) is 4.60. The Morgan fingerprint density at radius 1 is 1.13 bits per heavy atom. The van der Waals surface area contributed by atoms with Crippen molar-refractivity contribution in [3.05, 3.63) is 60.3 Å². The number of aliphatic imine (C=N–C) groups is 1. The molecule has 1 atom stereocenters. The molecule has 0 aliphatic carbocycles. The molecule has 0 spiro atoms. The maximum Gasteiger partial charge on any atom is 0.147 e. The summed E-state index contributed by atoms with van der Waals surface area (Å²) in [4.78, 5) is 4.52. The molecule has 0 fully saturated rings. The van der Waals surface area contributed by atoms with Crippen LogP contribution in [-0.4, -0.2) is 5.84 Å². The molecular formula is C13H13N2. The fourth-order valence-electron chi connectivity index (χ4n) is 1.43. The van der Waals surface area contributed by atoms with Crippen LogP contribution in [0, 0.1) is 0 Å². The Kier molecular flexibility index (Phi) is 2.98. The standard InChI is InChI=1S/C13H13N2/c1-11(12-7-3-2-4-8-12)15-13-9-5-6-10-14-13/h2-11H,1H3. The molecule has 2 rings (SSSR count). The molecule has 15 heavy (non-hydrogen) atoms. The molecule has 0 saturated carbocycles. The van der Waals surface area contributed by atoms with Crippen molar-refractivity contribution < 1.29 is 0 Å². The molecule has 0 saturated heterocycles. The van der Waals surface area contributed by atoms with E-state index >= 15 is 0 Å². The molecule has 0 aromatic heterocycles. The third-order valence-electron chi connectivity index (χ3n) is 2.26. The van der Waals surface area contributed by atoms with Gasteiger partial charge < -0.3 is 0 Å². The quantitative estimate of drug-likeness (QED) is 0.697. The molecular weight excluding hydrogens is 184 g/mol. The summed E-state index contributed by atoms with van der Waals surface area (Å²) in [5.41, 5.74) is 1.21. The third kappa shape index (κ3) is 2.56. The normalized spacial score (nSPS) is 18.9. The summed E-state index contributed by atoms with van der Waals surface area (Å²) in [6.07, 6.45) is 7.52. The zero-order valence-electron chi connectivity index (χ0n) is 8.67. The van der Waals surface area contributed by atoms with Crippen LogP contribution < -0.4 is 5.32 Å². The number of amidine groups is 1. The lowest BCUT2D eigenvalue weighted by molar-refractivity contribution is 0.814. The monoisotopic (exact) mass is 197 g/mol. The number of allylic oxidation sites excluding steroid dienone is 2. The van der Waals surface area contributed by atoms with Gasteiger partial charge in [-0.05, 0) is 24.6 Å². The fourth-order valence-corrected chi connectivity index (χ4v) is 1.43. The number of rotatable bonds is 2.